The molecule has 0 spiro atoms. The van der Waals surface area contributed by atoms with Crippen LogP contribution < -0.4 is 43.1 Å². The summed E-state index contributed by atoms with van der Waals surface area (Å²) in [4.78, 5) is 0. The van der Waals surface area contributed by atoms with Crippen molar-refractivity contribution in [3.8, 4) is 0 Å². The Morgan fingerprint density at radius 2 is 0.426 bits per heavy atom. The lowest BCUT2D eigenvalue weighted by atomic mass is 9.12. The molecule has 8 rings (SSSR count). The number of rotatable bonds is 8. The Morgan fingerprint density at radius 3 is 0.630 bits per heavy atom. The molecule has 0 heterocycles. The molecule has 0 aliphatic rings. The maximum absolute atomic E-state index is 15.2. The molecule has 54 heavy (non-hydrogen) atoms. The number of benzene rings is 8. The third-order valence-corrected chi connectivity index (χ3v) is 14.4. The molecule has 0 nitrogen and oxygen atoms in total. The van der Waals surface area contributed by atoms with Crippen LogP contribution in [-0.2, 0) is 0 Å². The van der Waals surface area contributed by atoms with Crippen LogP contribution in [0.25, 0.3) is 0 Å². The van der Waals surface area contributed by atoms with Crippen molar-refractivity contribution in [1.29, 1.82) is 0 Å². The summed E-state index contributed by atoms with van der Waals surface area (Å²) in [6.45, 7) is 0. The molecule has 0 radical (unpaired) electrons. The highest BCUT2D eigenvalue weighted by Crippen LogP contribution is 2.54. The Balaban J connectivity index is 0.000000168. The Labute approximate surface area is 314 Å². The molecule has 0 fully saturated rings. The van der Waals surface area contributed by atoms with Crippen molar-refractivity contribution in [3.63, 3.8) is 0 Å². The first kappa shape index (κ1) is 36.3. The van der Waals surface area contributed by atoms with Gasteiger partial charge in [-0.05, 0) is 72.8 Å². The molecule has 0 aromatic heterocycles. The number of hydrogen-bond acceptors (Lipinski definition) is 0. The van der Waals surface area contributed by atoms with Crippen molar-refractivity contribution in [3.05, 3.63) is 242 Å². The fraction of sp³-hybridized carbons (Fsp3) is 0. The maximum Gasteiger partial charge on any atom is 0.144 e. The van der Waals surface area contributed by atoms with E-state index in [0.717, 1.165) is 0 Å². The van der Waals surface area contributed by atoms with Gasteiger partial charge in [0, 0.05) is 0 Å². The molecular formula is C48H36BF4P. The van der Waals surface area contributed by atoms with E-state index in [-0.39, 0.29) is 21.9 Å². The van der Waals surface area contributed by atoms with Crippen LogP contribution in [0.4, 0.5) is 17.6 Å². The second-order valence-electron chi connectivity index (χ2n) is 13.0. The largest absolute Gasteiger partial charge is 0.210 e. The lowest BCUT2D eigenvalue weighted by Crippen LogP contribution is -2.77. The Bertz CT molecular complexity index is 2090. The van der Waals surface area contributed by atoms with Crippen LogP contribution in [0.2, 0.25) is 0 Å². The lowest BCUT2D eigenvalue weighted by Gasteiger charge is -2.44. The van der Waals surface area contributed by atoms with Crippen molar-refractivity contribution >= 4 is 56.5 Å². The third kappa shape index (κ3) is 6.68. The monoisotopic (exact) mass is 730 g/mol. The van der Waals surface area contributed by atoms with E-state index < -0.39 is 36.7 Å². The normalized spacial score (nSPS) is 11.3. The minimum absolute atomic E-state index is 0.0211. The summed E-state index contributed by atoms with van der Waals surface area (Å²) in [5, 5.41) is 5.55. The lowest BCUT2D eigenvalue weighted by molar-refractivity contribution is 0.627. The molecule has 0 amide bonds. The first-order chi connectivity index (χ1) is 26.5. The Morgan fingerprint density at radius 1 is 0.241 bits per heavy atom. The zero-order valence-corrected chi connectivity index (χ0v) is 30.2. The highest BCUT2D eigenvalue weighted by molar-refractivity contribution is 8.01. The van der Waals surface area contributed by atoms with Crippen molar-refractivity contribution in [2.24, 2.45) is 0 Å². The minimum atomic E-state index is -2.82. The second-order valence-corrected chi connectivity index (χ2v) is 16.4. The van der Waals surface area contributed by atoms with E-state index in [1.54, 1.807) is 24.3 Å². The summed E-state index contributed by atoms with van der Waals surface area (Å²) in [5.41, 5.74) is 0.0844. The van der Waals surface area contributed by atoms with Crippen molar-refractivity contribution in [2.75, 3.05) is 0 Å². The van der Waals surface area contributed by atoms with E-state index in [2.05, 4.69) is 121 Å². The van der Waals surface area contributed by atoms with E-state index in [0.29, 0.717) is 0 Å². The van der Waals surface area contributed by atoms with Crippen LogP contribution in [-0.4, -0.2) is 6.15 Å². The van der Waals surface area contributed by atoms with Crippen LogP contribution >= 0.6 is 7.26 Å². The minimum Gasteiger partial charge on any atom is -0.210 e. The van der Waals surface area contributed by atoms with Gasteiger partial charge in [-0.15, -0.1) is 0 Å². The number of halogens is 4. The maximum atomic E-state index is 15.2. The van der Waals surface area contributed by atoms with Gasteiger partial charge >= 0.3 is 0 Å². The summed E-state index contributed by atoms with van der Waals surface area (Å²) < 4.78 is 60.7. The standard InChI is InChI=1S/C24H16BF4.C24H20P/c26-21-13-5-1-9-17(21)25(18-10-2-6-14-22(18)27,19-11-3-7-15-23(19)28)20-12-4-8-16-24(20)29;1-5-13-21(14-6-1)25(22-15-7-2-8-16-22,23-17-9-3-10-18-23)24-19-11-4-12-20-24/h1-16H;1-20H/q-1;+1. The van der Waals surface area contributed by atoms with E-state index in [4.69, 9.17) is 0 Å². The topological polar surface area (TPSA) is 0 Å². The van der Waals surface area contributed by atoms with Crippen LogP contribution in [0.1, 0.15) is 0 Å². The second kappa shape index (κ2) is 16.3. The van der Waals surface area contributed by atoms with Gasteiger partial charge in [0.05, 0.1) is 23.3 Å². The highest BCUT2D eigenvalue weighted by atomic mass is 31.2. The summed E-state index contributed by atoms with van der Waals surface area (Å²) in [7, 11) is -1.91. The van der Waals surface area contributed by atoms with E-state index >= 15 is 17.6 Å². The van der Waals surface area contributed by atoms with Gasteiger partial charge in [0.2, 0.25) is 0 Å². The van der Waals surface area contributed by atoms with Crippen LogP contribution in [0.3, 0.4) is 0 Å². The van der Waals surface area contributed by atoms with Crippen LogP contribution in [0.5, 0.6) is 0 Å². The van der Waals surface area contributed by atoms with Gasteiger partial charge in [0.1, 0.15) is 34.6 Å². The van der Waals surface area contributed by atoms with Gasteiger partial charge in [-0.25, -0.2) is 17.6 Å². The molecule has 8 aromatic carbocycles. The SMILES string of the molecule is Fc1ccccc1[B-](c1ccccc1F)(c1ccccc1F)c1ccccc1F.c1ccc([P+](c2ccccc2)(c2ccccc2)c2ccccc2)cc1. The zero-order chi connectivity index (χ0) is 37.4. The summed E-state index contributed by atoms with van der Waals surface area (Å²) in [5.74, 6) is -2.66. The van der Waals surface area contributed by atoms with Gasteiger partial charge in [-0.2, -0.15) is 21.9 Å². The molecule has 0 saturated heterocycles. The molecule has 0 N–H and O–H groups in total. The third-order valence-electron chi connectivity index (χ3n) is 10.1. The predicted molar refractivity (Wildman–Crippen MR) is 221 cm³/mol. The van der Waals surface area contributed by atoms with Crippen molar-refractivity contribution in [1.82, 2.24) is 0 Å². The Kier molecular flexibility index (Phi) is 11.0. The van der Waals surface area contributed by atoms with Gasteiger partial charge in [-0.3, -0.25) is 0 Å². The fourth-order valence-electron chi connectivity index (χ4n) is 7.81. The van der Waals surface area contributed by atoms with Gasteiger partial charge in [-0.1, -0.05) is 146 Å². The summed E-state index contributed by atoms with van der Waals surface area (Å²) >= 11 is 0. The van der Waals surface area contributed by atoms with Crippen molar-refractivity contribution < 1.29 is 17.6 Å². The quantitative estimate of drug-likeness (QED) is 0.0848. The van der Waals surface area contributed by atoms with E-state index in [1.165, 1.54) is 94.0 Å². The van der Waals surface area contributed by atoms with E-state index in [9.17, 15) is 0 Å². The predicted octanol–water partition coefficient (Wildman–Crippen LogP) is 7.93. The van der Waals surface area contributed by atoms with E-state index in [1.807, 2.05) is 0 Å². The van der Waals surface area contributed by atoms with Crippen molar-refractivity contribution in [2.45, 2.75) is 0 Å². The van der Waals surface area contributed by atoms with Gasteiger partial charge in [0.15, 0.2) is 0 Å². The zero-order valence-electron chi connectivity index (χ0n) is 29.3. The van der Waals surface area contributed by atoms with Crippen LogP contribution in [0, 0.1) is 23.3 Å². The molecule has 264 valence electrons. The first-order valence-corrected chi connectivity index (χ1v) is 19.5. The molecule has 8 aromatic rings. The summed E-state index contributed by atoms with van der Waals surface area (Å²) in [6.07, 6.45) is -2.82. The number of hydrogen-bond donors (Lipinski definition) is 0. The van der Waals surface area contributed by atoms with Gasteiger partial charge in [0.25, 0.3) is 0 Å². The molecule has 0 aliphatic heterocycles. The van der Waals surface area contributed by atoms with Gasteiger partial charge < -0.3 is 0 Å². The summed E-state index contributed by atoms with van der Waals surface area (Å²) in [6, 6.07) is 66.8. The highest BCUT2D eigenvalue weighted by Gasteiger charge is 2.47. The average molecular weight is 731 g/mol. The molecule has 0 aliphatic carbocycles. The molecule has 0 unspecified atom stereocenters. The van der Waals surface area contributed by atoms with Crippen LogP contribution in [0.15, 0.2) is 218 Å². The molecule has 0 atom stereocenters. The average Bonchev–Trinajstić information content (AvgIpc) is 3.23. The Hall–Kier alpha value is -6.03. The molecule has 0 bridgehead atoms. The molecule has 6 heteroatoms. The molecule has 0 saturated carbocycles. The first-order valence-electron chi connectivity index (χ1n) is 17.8. The smallest absolute Gasteiger partial charge is 0.144 e. The molecular weight excluding hydrogens is 694 g/mol. The fourth-order valence-corrected chi connectivity index (χ4v) is 12.1.